The van der Waals surface area contributed by atoms with Crippen LogP contribution in [0.4, 0.5) is 0 Å². The summed E-state index contributed by atoms with van der Waals surface area (Å²) in [4.78, 5) is 13.2. The van der Waals surface area contributed by atoms with Gasteiger partial charge < -0.3 is 5.32 Å². The lowest BCUT2D eigenvalue weighted by Crippen LogP contribution is -2.65. The van der Waals surface area contributed by atoms with Crippen molar-refractivity contribution in [1.29, 1.82) is 0 Å². The molecule has 0 aliphatic heterocycles. The molecule has 0 radical (unpaired) electrons. The van der Waals surface area contributed by atoms with Gasteiger partial charge in [0, 0.05) is 19.6 Å². The Balaban J connectivity index is 1.68. The summed E-state index contributed by atoms with van der Waals surface area (Å²) in [5.74, 6) is 0.308. The fourth-order valence-corrected chi connectivity index (χ4v) is 8.72. The molecule has 4 aliphatic rings. The minimum absolute atomic E-state index is 0.00933. The molecule has 4 fully saturated rings. The van der Waals surface area contributed by atoms with E-state index in [9.17, 15) is 13.2 Å². The molecule has 4 atom stereocenters. The van der Waals surface area contributed by atoms with E-state index in [-0.39, 0.29) is 42.8 Å². The van der Waals surface area contributed by atoms with Gasteiger partial charge in [-0.2, -0.15) is 0 Å². The van der Waals surface area contributed by atoms with Gasteiger partial charge in [-0.25, -0.2) is 12.7 Å². The number of nitrogens with zero attached hydrogens (tertiary/aromatic N) is 1. The van der Waals surface area contributed by atoms with Crippen molar-refractivity contribution in [3.8, 4) is 0 Å². The Kier molecular flexibility index (Phi) is 4.86. The molecule has 1 amide bonds. The maximum absolute atomic E-state index is 13.3. The molecular formula is C21H28Cl2N2O3S. The fourth-order valence-electron chi connectivity index (χ4n) is 6.99. The van der Waals surface area contributed by atoms with Gasteiger partial charge >= 0.3 is 0 Å². The van der Waals surface area contributed by atoms with Crippen LogP contribution in [0.25, 0.3) is 0 Å². The molecule has 4 saturated carbocycles. The molecule has 0 saturated heterocycles. The molecule has 2 unspecified atom stereocenters. The summed E-state index contributed by atoms with van der Waals surface area (Å²) in [6, 6.07) is 2.65. The molecular weight excluding hydrogens is 431 g/mol. The van der Waals surface area contributed by atoms with E-state index in [1.165, 1.54) is 45.5 Å². The number of hydrogen-bond acceptors (Lipinski definition) is 3. The van der Waals surface area contributed by atoms with E-state index >= 15 is 0 Å². The maximum Gasteiger partial charge on any atom is 0.253 e. The predicted molar refractivity (Wildman–Crippen MR) is 115 cm³/mol. The zero-order chi connectivity index (χ0) is 21.4. The summed E-state index contributed by atoms with van der Waals surface area (Å²) in [7, 11) is -0.936. The lowest BCUT2D eigenvalue weighted by Gasteiger charge is -2.65. The molecule has 160 valence electrons. The third-order valence-corrected chi connectivity index (χ3v) is 9.62. The monoisotopic (exact) mass is 458 g/mol. The van der Waals surface area contributed by atoms with Crippen LogP contribution in [0, 0.1) is 16.7 Å². The highest BCUT2D eigenvalue weighted by Gasteiger charge is 2.60. The molecule has 1 aromatic carbocycles. The first kappa shape index (κ1) is 21.4. The van der Waals surface area contributed by atoms with Gasteiger partial charge in [0.15, 0.2) is 0 Å². The van der Waals surface area contributed by atoms with E-state index in [4.69, 9.17) is 23.2 Å². The summed E-state index contributed by atoms with van der Waals surface area (Å²) in [5.41, 5.74) is 0.418. The largest absolute Gasteiger partial charge is 0.347 e. The van der Waals surface area contributed by atoms with Crippen LogP contribution in [0.1, 0.15) is 62.7 Å². The van der Waals surface area contributed by atoms with Crippen molar-refractivity contribution in [1.82, 2.24) is 9.62 Å². The summed E-state index contributed by atoms with van der Waals surface area (Å²) in [6.45, 7) is 4.68. The second-order valence-electron chi connectivity index (χ2n) is 10.4. The number of halogens is 2. The summed E-state index contributed by atoms with van der Waals surface area (Å²) in [6.07, 6.45) is 6.58. The van der Waals surface area contributed by atoms with Crippen molar-refractivity contribution < 1.29 is 13.2 Å². The average Bonchev–Trinajstić information content (AvgIpc) is 2.49. The number of amides is 1. The predicted octanol–water partition coefficient (Wildman–Crippen LogP) is 4.72. The van der Waals surface area contributed by atoms with Crippen LogP contribution >= 0.6 is 23.2 Å². The minimum Gasteiger partial charge on any atom is -0.347 e. The summed E-state index contributed by atoms with van der Waals surface area (Å²) < 4.78 is 26.3. The molecule has 5 nitrogen and oxygen atoms in total. The molecule has 4 aliphatic carbocycles. The first-order valence-corrected chi connectivity index (χ1v) is 12.2. The third-order valence-electron chi connectivity index (χ3n) is 7.03. The van der Waals surface area contributed by atoms with Crippen LogP contribution in [0.15, 0.2) is 17.0 Å². The Bertz CT molecular complexity index is 974. The number of hydrogen-bond donors (Lipinski definition) is 1. The van der Waals surface area contributed by atoms with Gasteiger partial charge in [-0.3, -0.25) is 4.79 Å². The maximum atomic E-state index is 13.3. The lowest BCUT2D eigenvalue weighted by atomic mass is 9.43. The topological polar surface area (TPSA) is 66.5 Å². The van der Waals surface area contributed by atoms with Crippen molar-refractivity contribution >= 4 is 39.1 Å². The van der Waals surface area contributed by atoms with Crippen LogP contribution in [0.3, 0.4) is 0 Å². The number of sulfonamides is 1. The molecule has 29 heavy (non-hydrogen) atoms. The van der Waals surface area contributed by atoms with Crippen LogP contribution in [-0.4, -0.2) is 38.3 Å². The van der Waals surface area contributed by atoms with E-state index < -0.39 is 10.0 Å². The molecule has 0 spiro atoms. The molecule has 8 heteroatoms. The molecule has 5 rings (SSSR count). The SMILES string of the molecule is CN(C)S(=O)(=O)c1cc(C(=O)NC23CC4C[C@@](C)(C2)C[C@](C)(C4)C3)c(Cl)cc1Cl. The Labute approximate surface area is 183 Å². The Morgan fingerprint density at radius 1 is 1.03 bits per heavy atom. The van der Waals surface area contributed by atoms with Crippen LogP contribution in [0.5, 0.6) is 0 Å². The fraction of sp³-hybridized carbons (Fsp3) is 0.667. The van der Waals surface area contributed by atoms with Crippen molar-refractivity contribution in [3.05, 3.63) is 27.7 Å². The van der Waals surface area contributed by atoms with Crippen molar-refractivity contribution in [2.75, 3.05) is 14.1 Å². The highest BCUT2D eigenvalue weighted by Crippen LogP contribution is 2.66. The normalized spacial score (nSPS) is 35.9. The zero-order valence-electron chi connectivity index (χ0n) is 17.3. The van der Waals surface area contributed by atoms with Crippen LogP contribution < -0.4 is 5.32 Å². The Morgan fingerprint density at radius 3 is 2.14 bits per heavy atom. The molecule has 4 bridgehead atoms. The standard InChI is InChI=1S/C21H28Cl2N2O3S/c1-19-7-13-8-20(2,10-19)12-21(9-13,11-19)24-18(26)14-5-17(16(23)6-15(14)22)29(27,28)25(3)4/h5-6,13H,7-12H2,1-4H3,(H,24,26)/t13?,19-,20+,21?. The first-order chi connectivity index (χ1) is 13.3. The number of rotatable bonds is 4. The Morgan fingerprint density at radius 2 is 1.62 bits per heavy atom. The highest BCUT2D eigenvalue weighted by molar-refractivity contribution is 7.89. The van der Waals surface area contributed by atoms with E-state index in [0.29, 0.717) is 5.92 Å². The van der Waals surface area contributed by atoms with Gasteiger partial charge in [0.2, 0.25) is 10.0 Å². The Hall–Kier alpha value is -0.820. The number of carbonyl (C=O) groups excluding carboxylic acids is 1. The average molecular weight is 459 g/mol. The quantitative estimate of drug-likeness (QED) is 0.709. The molecule has 1 N–H and O–H groups in total. The molecule has 1 aromatic rings. The van der Waals surface area contributed by atoms with Gasteiger partial charge in [0.05, 0.1) is 15.6 Å². The highest BCUT2D eigenvalue weighted by atomic mass is 35.5. The minimum atomic E-state index is -3.79. The number of carbonyl (C=O) groups is 1. The summed E-state index contributed by atoms with van der Waals surface area (Å²) in [5, 5.41) is 3.45. The van der Waals surface area contributed by atoms with E-state index in [0.717, 1.165) is 23.6 Å². The van der Waals surface area contributed by atoms with Crippen LogP contribution in [0.2, 0.25) is 10.0 Å². The second kappa shape index (κ2) is 6.59. The lowest BCUT2D eigenvalue weighted by molar-refractivity contribution is -0.114. The molecule has 0 aromatic heterocycles. The van der Waals surface area contributed by atoms with E-state index in [1.807, 2.05) is 0 Å². The number of benzene rings is 1. The van der Waals surface area contributed by atoms with Gasteiger partial charge in [0.1, 0.15) is 4.90 Å². The van der Waals surface area contributed by atoms with Crippen molar-refractivity contribution in [2.24, 2.45) is 16.7 Å². The second-order valence-corrected chi connectivity index (χ2v) is 13.3. The van der Waals surface area contributed by atoms with Gasteiger partial charge in [-0.05, 0) is 67.4 Å². The smallest absolute Gasteiger partial charge is 0.253 e. The van der Waals surface area contributed by atoms with Crippen molar-refractivity contribution in [2.45, 2.75) is 62.8 Å². The van der Waals surface area contributed by atoms with Gasteiger partial charge in [-0.1, -0.05) is 37.0 Å². The zero-order valence-corrected chi connectivity index (χ0v) is 19.6. The van der Waals surface area contributed by atoms with Crippen molar-refractivity contribution in [3.63, 3.8) is 0 Å². The molecule has 0 heterocycles. The number of nitrogens with one attached hydrogen (secondary N) is 1. The van der Waals surface area contributed by atoms with E-state index in [1.54, 1.807) is 0 Å². The van der Waals surface area contributed by atoms with Gasteiger partial charge in [-0.15, -0.1) is 0 Å². The summed E-state index contributed by atoms with van der Waals surface area (Å²) >= 11 is 12.5. The third kappa shape index (κ3) is 3.60. The van der Waals surface area contributed by atoms with E-state index in [2.05, 4.69) is 19.2 Å². The van der Waals surface area contributed by atoms with Crippen LogP contribution in [-0.2, 0) is 10.0 Å². The van der Waals surface area contributed by atoms with Gasteiger partial charge in [0.25, 0.3) is 5.91 Å². The first-order valence-electron chi connectivity index (χ1n) is 10.0.